The molecule has 2 aromatic rings. The summed E-state index contributed by atoms with van der Waals surface area (Å²) in [6.07, 6.45) is 3.48. The van der Waals surface area contributed by atoms with Gasteiger partial charge in [0.05, 0.1) is 12.5 Å². The molecule has 0 atom stereocenters. The molecular formula is C12H13NO. The van der Waals surface area contributed by atoms with Gasteiger partial charge < -0.3 is 9.32 Å². The van der Waals surface area contributed by atoms with Crippen molar-refractivity contribution in [2.75, 3.05) is 11.9 Å². The van der Waals surface area contributed by atoms with E-state index in [9.17, 15) is 0 Å². The molecule has 0 saturated heterocycles. The third kappa shape index (κ3) is 1.96. The van der Waals surface area contributed by atoms with E-state index in [4.69, 9.17) is 4.42 Å². The van der Waals surface area contributed by atoms with E-state index in [0.29, 0.717) is 0 Å². The molecule has 2 heteroatoms. The van der Waals surface area contributed by atoms with Gasteiger partial charge in [0, 0.05) is 24.8 Å². The zero-order chi connectivity index (χ0) is 9.80. The minimum atomic E-state index is 0.876. The predicted molar refractivity (Wildman–Crippen MR) is 57.3 cm³/mol. The molecule has 0 fully saturated rings. The van der Waals surface area contributed by atoms with Crippen LogP contribution in [0.25, 0.3) is 0 Å². The quantitative estimate of drug-likeness (QED) is 0.734. The van der Waals surface area contributed by atoms with Crippen molar-refractivity contribution in [3.8, 4) is 0 Å². The summed E-state index contributed by atoms with van der Waals surface area (Å²) >= 11 is 0. The van der Waals surface area contributed by atoms with Crippen molar-refractivity contribution >= 4 is 5.69 Å². The van der Waals surface area contributed by atoms with Crippen LogP contribution < -0.4 is 4.90 Å². The fraction of sp³-hybridized carbons (Fsp3) is 0.167. The molecular weight excluding hydrogens is 174 g/mol. The summed E-state index contributed by atoms with van der Waals surface area (Å²) in [6.45, 7) is 0.876. The van der Waals surface area contributed by atoms with E-state index in [1.807, 2.05) is 24.3 Å². The van der Waals surface area contributed by atoms with Crippen molar-refractivity contribution in [1.29, 1.82) is 0 Å². The van der Waals surface area contributed by atoms with Gasteiger partial charge in [-0.3, -0.25) is 0 Å². The molecule has 0 unspecified atom stereocenters. The zero-order valence-electron chi connectivity index (χ0n) is 8.18. The fourth-order valence-electron chi connectivity index (χ4n) is 1.43. The number of nitrogens with zero attached hydrogens (tertiary/aromatic N) is 1. The summed E-state index contributed by atoms with van der Waals surface area (Å²) in [5.74, 6) is 0. The second-order valence-corrected chi connectivity index (χ2v) is 3.32. The van der Waals surface area contributed by atoms with Crippen LogP contribution in [0.5, 0.6) is 0 Å². The number of rotatable bonds is 3. The number of hydrogen-bond acceptors (Lipinski definition) is 2. The summed E-state index contributed by atoms with van der Waals surface area (Å²) in [5.41, 5.74) is 2.41. The van der Waals surface area contributed by atoms with E-state index in [-0.39, 0.29) is 0 Å². The number of hydrogen-bond donors (Lipinski definition) is 0. The van der Waals surface area contributed by atoms with E-state index < -0.39 is 0 Å². The molecule has 72 valence electrons. The van der Waals surface area contributed by atoms with Gasteiger partial charge in [0.1, 0.15) is 0 Å². The first-order chi connectivity index (χ1) is 6.86. The average Bonchev–Trinajstić information content (AvgIpc) is 2.72. The number of anilines is 1. The summed E-state index contributed by atoms with van der Waals surface area (Å²) in [7, 11) is 2.07. The molecule has 0 amide bonds. The number of para-hydroxylation sites is 1. The SMILES string of the molecule is CN(Cc1ccoc1)c1ccccc1. The normalized spacial score (nSPS) is 10.1. The molecule has 2 nitrogen and oxygen atoms in total. The molecule has 0 bridgehead atoms. The van der Waals surface area contributed by atoms with Crippen molar-refractivity contribution in [2.24, 2.45) is 0 Å². The van der Waals surface area contributed by atoms with Crippen LogP contribution >= 0.6 is 0 Å². The molecule has 0 N–H and O–H groups in total. The third-order valence-electron chi connectivity index (χ3n) is 2.20. The molecule has 14 heavy (non-hydrogen) atoms. The van der Waals surface area contributed by atoms with Crippen LogP contribution in [0.15, 0.2) is 53.3 Å². The highest BCUT2D eigenvalue weighted by Gasteiger charge is 2.01. The van der Waals surface area contributed by atoms with Gasteiger partial charge in [-0.1, -0.05) is 18.2 Å². The Hall–Kier alpha value is -1.70. The van der Waals surface area contributed by atoms with E-state index in [0.717, 1.165) is 6.54 Å². The van der Waals surface area contributed by atoms with Crippen LogP contribution in [0.4, 0.5) is 5.69 Å². The Morgan fingerprint density at radius 3 is 2.57 bits per heavy atom. The van der Waals surface area contributed by atoms with Gasteiger partial charge in [-0.05, 0) is 18.2 Å². The lowest BCUT2D eigenvalue weighted by atomic mass is 10.2. The zero-order valence-corrected chi connectivity index (χ0v) is 8.18. The molecule has 0 aliphatic rings. The van der Waals surface area contributed by atoms with Gasteiger partial charge in [-0.2, -0.15) is 0 Å². The topological polar surface area (TPSA) is 16.4 Å². The lowest BCUT2D eigenvalue weighted by Crippen LogP contribution is -2.15. The highest BCUT2D eigenvalue weighted by molar-refractivity contribution is 5.45. The maximum Gasteiger partial charge on any atom is 0.0952 e. The monoisotopic (exact) mass is 187 g/mol. The van der Waals surface area contributed by atoms with Crippen LogP contribution in [-0.2, 0) is 6.54 Å². The van der Waals surface area contributed by atoms with Gasteiger partial charge in [0.2, 0.25) is 0 Å². The third-order valence-corrected chi connectivity index (χ3v) is 2.20. The Bertz CT molecular complexity index is 366. The lowest BCUT2D eigenvalue weighted by Gasteiger charge is -2.17. The van der Waals surface area contributed by atoms with E-state index in [1.54, 1.807) is 12.5 Å². The maximum absolute atomic E-state index is 5.02. The molecule has 1 aromatic heterocycles. The average molecular weight is 187 g/mol. The second-order valence-electron chi connectivity index (χ2n) is 3.32. The first kappa shape index (κ1) is 8.88. The summed E-state index contributed by atoms with van der Waals surface area (Å²) in [4.78, 5) is 2.19. The van der Waals surface area contributed by atoms with Crippen molar-refractivity contribution in [3.05, 3.63) is 54.5 Å². The Kier molecular flexibility index (Phi) is 2.54. The fourth-order valence-corrected chi connectivity index (χ4v) is 1.43. The number of furan rings is 1. The van der Waals surface area contributed by atoms with Crippen LogP contribution in [-0.4, -0.2) is 7.05 Å². The van der Waals surface area contributed by atoms with Gasteiger partial charge in [-0.25, -0.2) is 0 Å². The van der Waals surface area contributed by atoms with Gasteiger partial charge >= 0.3 is 0 Å². The first-order valence-electron chi connectivity index (χ1n) is 4.63. The van der Waals surface area contributed by atoms with Gasteiger partial charge in [0.15, 0.2) is 0 Å². The van der Waals surface area contributed by atoms with Crippen LogP contribution in [0.3, 0.4) is 0 Å². The van der Waals surface area contributed by atoms with Gasteiger partial charge in [-0.15, -0.1) is 0 Å². The van der Waals surface area contributed by atoms with Crippen molar-refractivity contribution in [1.82, 2.24) is 0 Å². The Balaban J connectivity index is 2.07. The smallest absolute Gasteiger partial charge is 0.0952 e. The van der Waals surface area contributed by atoms with Crippen molar-refractivity contribution in [3.63, 3.8) is 0 Å². The molecule has 0 aliphatic carbocycles. The summed E-state index contributed by atoms with van der Waals surface area (Å²) < 4.78 is 5.02. The minimum Gasteiger partial charge on any atom is -0.472 e. The van der Waals surface area contributed by atoms with E-state index >= 15 is 0 Å². The molecule has 0 spiro atoms. The number of benzene rings is 1. The van der Waals surface area contributed by atoms with Crippen LogP contribution in [0, 0.1) is 0 Å². The predicted octanol–water partition coefficient (Wildman–Crippen LogP) is 2.92. The summed E-state index contributed by atoms with van der Waals surface area (Å²) in [5, 5.41) is 0. The Labute approximate surface area is 83.8 Å². The Morgan fingerprint density at radius 1 is 1.14 bits per heavy atom. The second kappa shape index (κ2) is 4.01. The Morgan fingerprint density at radius 2 is 1.93 bits per heavy atom. The standard InChI is InChI=1S/C12H13NO/c1-13(9-11-7-8-14-10-11)12-5-3-2-4-6-12/h2-8,10H,9H2,1H3. The highest BCUT2D eigenvalue weighted by atomic mass is 16.3. The van der Waals surface area contributed by atoms with E-state index in [2.05, 4.69) is 24.1 Å². The maximum atomic E-state index is 5.02. The van der Waals surface area contributed by atoms with Crippen LogP contribution in [0.1, 0.15) is 5.56 Å². The highest BCUT2D eigenvalue weighted by Crippen LogP contribution is 2.14. The minimum absolute atomic E-state index is 0.876. The van der Waals surface area contributed by atoms with Crippen LogP contribution in [0.2, 0.25) is 0 Å². The molecule has 0 aliphatic heterocycles. The molecule has 1 heterocycles. The molecule has 0 radical (unpaired) electrons. The molecule has 1 aromatic carbocycles. The van der Waals surface area contributed by atoms with Gasteiger partial charge in [0.25, 0.3) is 0 Å². The lowest BCUT2D eigenvalue weighted by molar-refractivity contribution is 0.563. The summed E-state index contributed by atoms with van der Waals surface area (Å²) in [6, 6.07) is 12.3. The largest absolute Gasteiger partial charge is 0.472 e. The van der Waals surface area contributed by atoms with E-state index in [1.165, 1.54) is 11.3 Å². The first-order valence-corrected chi connectivity index (χ1v) is 4.63. The van der Waals surface area contributed by atoms with Crippen molar-refractivity contribution < 1.29 is 4.42 Å². The molecule has 2 rings (SSSR count). The molecule has 0 saturated carbocycles. The van der Waals surface area contributed by atoms with Crippen molar-refractivity contribution in [2.45, 2.75) is 6.54 Å².